The van der Waals surface area contributed by atoms with Crippen molar-refractivity contribution in [2.24, 2.45) is 0 Å². The minimum atomic E-state index is -3.53. The fourth-order valence-corrected chi connectivity index (χ4v) is 1.71. The van der Waals surface area contributed by atoms with Crippen molar-refractivity contribution in [3.8, 4) is 0 Å². The Kier molecular flexibility index (Phi) is 3.95. The Hall–Kier alpha value is -0.170. The summed E-state index contributed by atoms with van der Waals surface area (Å²) in [6.45, 7) is 4.72. The van der Waals surface area contributed by atoms with E-state index in [1.54, 1.807) is 13.8 Å². The van der Waals surface area contributed by atoms with Crippen molar-refractivity contribution < 1.29 is 13.5 Å². The van der Waals surface area contributed by atoms with Crippen molar-refractivity contribution in [3.63, 3.8) is 0 Å². The van der Waals surface area contributed by atoms with E-state index in [4.69, 9.17) is 5.11 Å². The first kappa shape index (κ1) is 10.8. The molecule has 0 aliphatic heterocycles. The van der Waals surface area contributed by atoms with Gasteiger partial charge in [-0.3, -0.25) is 0 Å². The quantitative estimate of drug-likeness (QED) is 0.496. The number of aliphatic hydroxyl groups excluding tert-OH is 1. The standard InChI is InChI=1S/C5H14N2O3S/c1-4(2)6-11(9,10)7-5(3)8/h4-8H,1-3H3. The van der Waals surface area contributed by atoms with E-state index in [0.717, 1.165) is 0 Å². The van der Waals surface area contributed by atoms with Crippen LogP contribution in [-0.2, 0) is 10.2 Å². The summed E-state index contributed by atoms with van der Waals surface area (Å²) in [5.74, 6) is 0. The van der Waals surface area contributed by atoms with Crippen molar-refractivity contribution in [1.29, 1.82) is 0 Å². The van der Waals surface area contributed by atoms with Crippen molar-refractivity contribution in [3.05, 3.63) is 0 Å². The Morgan fingerprint density at radius 2 is 1.64 bits per heavy atom. The number of aliphatic hydroxyl groups is 1. The maximum absolute atomic E-state index is 10.9. The average Bonchev–Trinajstić information content (AvgIpc) is 1.53. The molecule has 68 valence electrons. The lowest BCUT2D eigenvalue weighted by Crippen LogP contribution is -2.44. The van der Waals surface area contributed by atoms with Crippen LogP contribution in [0.25, 0.3) is 0 Å². The van der Waals surface area contributed by atoms with Gasteiger partial charge in [-0.1, -0.05) is 0 Å². The summed E-state index contributed by atoms with van der Waals surface area (Å²) < 4.78 is 26.0. The van der Waals surface area contributed by atoms with Crippen LogP contribution < -0.4 is 9.44 Å². The molecule has 1 unspecified atom stereocenters. The molecule has 0 amide bonds. The van der Waals surface area contributed by atoms with E-state index in [1.807, 2.05) is 4.72 Å². The van der Waals surface area contributed by atoms with Gasteiger partial charge in [-0.15, -0.1) is 0 Å². The lowest BCUT2D eigenvalue weighted by Gasteiger charge is -2.11. The summed E-state index contributed by atoms with van der Waals surface area (Å²) in [7, 11) is -3.53. The van der Waals surface area contributed by atoms with Crippen LogP contribution in [-0.4, -0.2) is 25.8 Å². The summed E-state index contributed by atoms with van der Waals surface area (Å²) in [6.07, 6.45) is -1.06. The Balaban J connectivity index is 4.03. The van der Waals surface area contributed by atoms with Crippen LogP contribution >= 0.6 is 0 Å². The fraction of sp³-hybridized carbons (Fsp3) is 1.00. The molecule has 0 bridgehead atoms. The zero-order valence-corrected chi connectivity index (χ0v) is 7.64. The van der Waals surface area contributed by atoms with Crippen LogP contribution in [0.4, 0.5) is 0 Å². The second-order valence-corrected chi connectivity index (χ2v) is 4.05. The van der Waals surface area contributed by atoms with Gasteiger partial charge in [-0.25, -0.2) is 0 Å². The van der Waals surface area contributed by atoms with E-state index in [9.17, 15) is 8.42 Å². The van der Waals surface area contributed by atoms with Gasteiger partial charge >= 0.3 is 0 Å². The highest BCUT2D eigenvalue weighted by atomic mass is 32.2. The van der Waals surface area contributed by atoms with Crippen LogP contribution in [0.15, 0.2) is 0 Å². The minimum absolute atomic E-state index is 0.175. The van der Waals surface area contributed by atoms with Gasteiger partial charge in [0.25, 0.3) is 10.2 Å². The molecule has 1 atom stereocenters. The molecular weight excluding hydrogens is 168 g/mol. The van der Waals surface area contributed by atoms with E-state index in [-0.39, 0.29) is 6.04 Å². The monoisotopic (exact) mass is 182 g/mol. The molecule has 6 heteroatoms. The number of hydrogen-bond acceptors (Lipinski definition) is 3. The third kappa shape index (κ3) is 6.24. The van der Waals surface area contributed by atoms with Crippen molar-refractivity contribution >= 4 is 10.2 Å². The summed E-state index contributed by atoms with van der Waals surface area (Å²) in [4.78, 5) is 0. The molecule has 5 nitrogen and oxygen atoms in total. The van der Waals surface area contributed by atoms with Crippen LogP contribution in [0.5, 0.6) is 0 Å². The molecule has 0 fully saturated rings. The highest BCUT2D eigenvalue weighted by molar-refractivity contribution is 7.87. The SMILES string of the molecule is CC(C)NS(=O)(=O)NC(C)O. The van der Waals surface area contributed by atoms with Gasteiger partial charge in [0.1, 0.15) is 6.23 Å². The van der Waals surface area contributed by atoms with Crippen LogP contribution in [0.1, 0.15) is 20.8 Å². The Bertz CT molecular complexity index is 182. The second kappa shape index (κ2) is 4.01. The molecule has 0 rings (SSSR count). The molecule has 0 saturated carbocycles. The van der Waals surface area contributed by atoms with Gasteiger partial charge in [0.05, 0.1) is 0 Å². The third-order valence-electron chi connectivity index (χ3n) is 0.717. The smallest absolute Gasteiger partial charge is 0.279 e. The van der Waals surface area contributed by atoms with E-state index in [1.165, 1.54) is 6.92 Å². The molecule has 3 N–H and O–H groups in total. The third-order valence-corrected chi connectivity index (χ3v) is 2.15. The fourth-order valence-electron chi connectivity index (χ4n) is 0.569. The van der Waals surface area contributed by atoms with Crippen LogP contribution in [0.2, 0.25) is 0 Å². The first-order chi connectivity index (χ1) is 4.83. The molecular formula is C5H14N2O3S. The Morgan fingerprint density at radius 1 is 1.18 bits per heavy atom. The highest BCUT2D eigenvalue weighted by Crippen LogP contribution is 1.84. The zero-order valence-electron chi connectivity index (χ0n) is 6.83. The summed E-state index contributed by atoms with van der Waals surface area (Å²) in [5, 5.41) is 8.67. The Labute approximate surface area is 67.0 Å². The molecule has 0 aromatic carbocycles. The number of hydrogen-bond donors (Lipinski definition) is 3. The topological polar surface area (TPSA) is 78.4 Å². The number of rotatable bonds is 4. The molecule has 0 aliphatic rings. The maximum atomic E-state index is 10.9. The first-order valence-corrected chi connectivity index (χ1v) is 4.79. The summed E-state index contributed by atoms with van der Waals surface area (Å²) in [6, 6.07) is -0.175. The average molecular weight is 182 g/mol. The predicted molar refractivity (Wildman–Crippen MR) is 42.0 cm³/mol. The van der Waals surface area contributed by atoms with Gasteiger partial charge in [0.2, 0.25) is 0 Å². The molecule has 0 saturated heterocycles. The molecule has 0 aromatic heterocycles. The van der Waals surface area contributed by atoms with E-state index >= 15 is 0 Å². The van der Waals surface area contributed by atoms with E-state index in [2.05, 4.69) is 4.72 Å². The largest absolute Gasteiger partial charge is 0.378 e. The lowest BCUT2D eigenvalue weighted by atomic mass is 10.4. The predicted octanol–water partition coefficient (Wildman–Crippen LogP) is -0.843. The van der Waals surface area contributed by atoms with Gasteiger partial charge < -0.3 is 5.11 Å². The van der Waals surface area contributed by atoms with Gasteiger partial charge in [0, 0.05) is 6.04 Å². The maximum Gasteiger partial charge on any atom is 0.279 e. The molecule has 0 aliphatic carbocycles. The minimum Gasteiger partial charge on any atom is -0.378 e. The highest BCUT2D eigenvalue weighted by Gasteiger charge is 2.12. The Morgan fingerprint density at radius 3 is 1.91 bits per heavy atom. The summed E-state index contributed by atoms with van der Waals surface area (Å²) >= 11 is 0. The van der Waals surface area contributed by atoms with Gasteiger partial charge in [-0.05, 0) is 20.8 Å². The van der Waals surface area contributed by atoms with Crippen molar-refractivity contribution in [2.45, 2.75) is 33.0 Å². The van der Waals surface area contributed by atoms with E-state index < -0.39 is 16.4 Å². The van der Waals surface area contributed by atoms with Crippen molar-refractivity contribution in [2.75, 3.05) is 0 Å². The van der Waals surface area contributed by atoms with Gasteiger partial charge in [-0.2, -0.15) is 17.9 Å². The molecule has 0 radical (unpaired) electrons. The van der Waals surface area contributed by atoms with E-state index in [0.29, 0.717) is 0 Å². The molecule has 11 heavy (non-hydrogen) atoms. The lowest BCUT2D eigenvalue weighted by molar-refractivity contribution is 0.183. The normalized spacial score (nSPS) is 15.4. The summed E-state index contributed by atoms with van der Waals surface area (Å²) in [5.41, 5.74) is 0. The van der Waals surface area contributed by atoms with Crippen LogP contribution in [0, 0.1) is 0 Å². The molecule has 0 aromatic rings. The van der Waals surface area contributed by atoms with Gasteiger partial charge in [0.15, 0.2) is 0 Å². The molecule has 0 heterocycles. The zero-order chi connectivity index (χ0) is 9.07. The van der Waals surface area contributed by atoms with Crippen LogP contribution in [0.3, 0.4) is 0 Å². The number of nitrogens with one attached hydrogen (secondary N) is 2. The second-order valence-electron chi connectivity index (χ2n) is 2.57. The first-order valence-electron chi connectivity index (χ1n) is 3.31. The van der Waals surface area contributed by atoms with Crippen molar-refractivity contribution in [1.82, 2.24) is 9.44 Å². The molecule has 0 spiro atoms.